The molecule has 0 aliphatic rings. The van der Waals surface area contributed by atoms with Gasteiger partial charge < -0.3 is 5.32 Å². The highest BCUT2D eigenvalue weighted by atomic mass is 16.6. The number of nitrogens with one attached hydrogen (secondary N) is 1. The molecular formula is C14H23N3O2. The van der Waals surface area contributed by atoms with Crippen molar-refractivity contribution < 1.29 is 4.92 Å². The van der Waals surface area contributed by atoms with Crippen molar-refractivity contribution in [2.24, 2.45) is 0 Å². The summed E-state index contributed by atoms with van der Waals surface area (Å²) in [6.07, 6.45) is 6.08. The summed E-state index contributed by atoms with van der Waals surface area (Å²) in [6, 6.07) is 3.52. The Hall–Kier alpha value is -1.65. The van der Waals surface area contributed by atoms with Crippen LogP contribution in [-0.4, -0.2) is 15.9 Å². The van der Waals surface area contributed by atoms with Gasteiger partial charge in [0, 0.05) is 12.1 Å². The van der Waals surface area contributed by atoms with Crippen molar-refractivity contribution in [3.63, 3.8) is 0 Å². The Balaban J connectivity index is 2.48. The lowest BCUT2D eigenvalue weighted by molar-refractivity contribution is -0.385. The van der Waals surface area contributed by atoms with E-state index in [1.54, 1.807) is 13.0 Å². The van der Waals surface area contributed by atoms with Crippen LogP contribution in [0.1, 0.15) is 51.6 Å². The van der Waals surface area contributed by atoms with Crippen LogP contribution < -0.4 is 5.32 Å². The van der Waals surface area contributed by atoms with Crippen molar-refractivity contribution in [3.8, 4) is 0 Å². The standard InChI is InChI=1S/C14H23N3O2/c1-4-5-6-7-8-11(2)15-14-10-9-13(17(18)19)12(3)16-14/h9-11H,4-8H2,1-3H3,(H,15,16). The van der Waals surface area contributed by atoms with Crippen molar-refractivity contribution in [2.75, 3.05) is 5.32 Å². The van der Waals surface area contributed by atoms with Crippen LogP contribution in [-0.2, 0) is 0 Å². The third-order valence-corrected chi connectivity index (χ3v) is 3.14. The molecule has 0 spiro atoms. The van der Waals surface area contributed by atoms with Gasteiger partial charge in [-0.3, -0.25) is 10.1 Å². The van der Waals surface area contributed by atoms with Gasteiger partial charge in [0.2, 0.25) is 0 Å². The van der Waals surface area contributed by atoms with E-state index in [9.17, 15) is 10.1 Å². The maximum Gasteiger partial charge on any atom is 0.290 e. The molecule has 0 fully saturated rings. The molecule has 0 amide bonds. The molecule has 1 heterocycles. The first-order valence-corrected chi connectivity index (χ1v) is 6.93. The van der Waals surface area contributed by atoms with Gasteiger partial charge >= 0.3 is 0 Å². The zero-order chi connectivity index (χ0) is 14.3. The number of nitro groups is 1. The first kappa shape index (κ1) is 15.4. The Labute approximate surface area is 114 Å². The van der Waals surface area contributed by atoms with Gasteiger partial charge in [0.1, 0.15) is 11.5 Å². The summed E-state index contributed by atoms with van der Waals surface area (Å²) < 4.78 is 0. The van der Waals surface area contributed by atoms with Crippen LogP contribution in [0.3, 0.4) is 0 Å². The smallest absolute Gasteiger partial charge is 0.290 e. The number of rotatable bonds is 8. The largest absolute Gasteiger partial charge is 0.368 e. The zero-order valence-corrected chi connectivity index (χ0v) is 12.0. The molecule has 0 saturated heterocycles. The number of hydrogen-bond donors (Lipinski definition) is 1. The lowest BCUT2D eigenvalue weighted by Gasteiger charge is -2.14. The molecule has 0 saturated carbocycles. The van der Waals surface area contributed by atoms with Gasteiger partial charge in [-0.15, -0.1) is 0 Å². The summed E-state index contributed by atoms with van der Waals surface area (Å²) in [5.41, 5.74) is 0.523. The van der Waals surface area contributed by atoms with E-state index in [-0.39, 0.29) is 5.69 Å². The number of aromatic nitrogens is 1. The van der Waals surface area contributed by atoms with Crippen molar-refractivity contribution in [2.45, 2.75) is 58.9 Å². The van der Waals surface area contributed by atoms with Gasteiger partial charge in [-0.25, -0.2) is 4.98 Å². The summed E-state index contributed by atoms with van der Waals surface area (Å²) in [6.45, 7) is 5.98. The van der Waals surface area contributed by atoms with Gasteiger partial charge in [0.15, 0.2) is 0 Å². The van der Waals surface area contributed by atoms with Crippen molar-refractivity contribution >= 4 is 11.5 Å². The highest BCUT2D eigenvalue weighted by molar-refractivity contribution is 5.45. The molecule has 1 N–H and O–H groups in total. The van der Waals surface area contributed by atoms with Crippen LogP contribution in [0.15, 0.2) is 12.1 Å². The average Bonchev–Trinajstić information content (AvgIpc) is 2.34. The molecule has 5 nitrogen and oxygen atoms in total. The predicted octanol–water partition coefficient (Wildman–Crippen LogP) is 4.07. The molecule has 1 unspecified atom stereocenters. The van der Waals surface area contributed by atoms with Gasteiger partial charge in [0.25, 0.3) is 5.69 Å². The maximum atomic E-state index is 10.7. The Morgan fingerprint density at radius 3 is 2.68 bits per heavy atom. The fourth-order valence-electron chi connectivity index (χ4n) is 2.03. The van der Waals surface area contributed by atoms with Gasteiger partial charge in [0.05, 0.1) is 4.92 Å². The fraction of sp³-hybridized carbons (Fsp3) is 0.643. The predicted molar refractivity (Wildman–Crippen MR) is 77.5 cm³/mol. The summed E-state index contributed by atoms with van der Waals surface area (Å²) >= 11 is 0. The molecule has 106 valence electrons. The third-order valence-electron chi connectivity index (χ3n) is 3.14. The molecule has 0 aromatic carbocycles. The minimum Gasteiger partial charge on any atom is -0.368 e. The van der Waals surface area contributed by atoms with Crippen LogP contribution in [0.5, 0.6) is 0 Å². The molecule has 0 bridgehead atoms. The van der Waals surface area contributed by atoms with Crippen LogP contribution in [0.4, 0.5) is 11.5 Å². The minimum absolute atomic E-state index is 0.0705. The molecule has 0 radical (unpaired) electrons. The first-order chi connectivity index (χ1) is 9.04. The van der Waals surface area contributed by atoms with E-state index in [0.29, 0.717) is 17.6 Å². The average molecular weight is 265 g/mol. The number of anilines is 1. The fourth-order valence-corrected chi connectivity index (χ4v) is 2.03. The topological polar surface area (TPSA) is 68.1 Å². The molecule has 1 aromatic heterocycles. The molecule has 0 aliphatic heterocycles. The third kappa shape index (κ3) is 5.24. The molecule has 1 atom stereocenters. The Kier molecular flexibility index (Phi) is 6.25. The molecule has 1 aromatic rings. The van der Waals surface area contributed by atoms with E-state index in [1.807, 2.05) is 0 Å². The molecule has 5 heteroatoms. The maximum absolute atomic E-state index is 10.7. The number of pyridine rings is 1. The quantitative estimate of drug-likeness (QED) is 0.437. The second-order valence-electron chi connectivity index (χ2n) is 4.95. The zero-order valence-electron chi connectivity index (χ0n) is 12.0. The lowest BCUT2D eigenvalue weighted by atomic mass is 10.1. The monoisotopic (exact) mass is 265 g/mol. The Morgan fingerprint density at radius 2 is 2.11 bits per heavy atom. The SMILES string of the molecule is CCCCCCC(C)Nc1ccc([N+](=O)[O-])c(C)n1. The lowest BCUT2D eigenvalue weighted by Crippen LogP contribution is -2.16. The van der Waals surface area contributed by atoms with E-state index in [4.69, 9.17) is 0 Å². The first-order valence-electron chi connectivity index (χ1n) is 6.93. The number of aryl methyl sites for hydroxylation is 1. The summed E-state index contributed by atoms with van der Waals surface area (Å²) in [5, 5.41) is 14.0. The summed E-state index contributed by atoms with van der Waals surface area (Å²) in [7, 11) is 0. The second kappa shape index (κ2) is 7.71. The van der Waals surface area contributed by atoms with Crippen molar-refractivity contribution in [1.29, 1.82) is 0 Å². The van der Waals surface area contributed by atoms with Gasteiger partial charge in [-0.2, -0.15) is 0 Å². The molecule has 1 rings (SSSR count). The Bertz CT molecular complexity index is 421. The minimum atomic E-state index is -0.402. The second-order valence-corrected chi connectivity index (χ2v) is 4.95. The number of nitrogens with zero attached hydrogens (tertiary/aromatic N) is 2. The van der Waals surface area contributed by atoms with Crippen LogP contribution >= 0.6 is 0 Å². The highest BCUT2D eigenvalue weighted by Gasteiger charge is 2.12. The molecule has 0 aliphatic carbocycles. The van der Waals surface area contributed by atoms with E-state index in [2.05, 4.69) is 24.1 Å². The molecule has 19 heavy (non-hydrogen) atoms. The van der Waals surface area contributed by atoms with Crippen molar-refractivity contribution in [3.05, 3.63) is 27.9 Å². The number of unbranched alkanes of at least 4 members (excludes halogenated alkanes) is 3. The van der Waals surface area contributed by atoms with Crippen LogP contribution in [0, 0.1) is 17.0 Å². The van der Waals surface area contributed by atoms with Gasteiger partial charge in [-0.05, 0) is 26.3 Å². The summed E-state index contributed by atoms with van der Waals surface area (Å²) in [5.74, 6) is 0.714. The van der Waals surface area contributed by atoms with E-state index in [0.717, 1.165) is 6.42 Å². The van der Waals surface area contributed by atoms with E-state index < -0.39 is 4.92 Å². The molecular weight excluding hydrogens is 242 g/mol. The normalized spacial score (nSPS) is 12.2. The highest BCUT2D eigenvalue weighted by Crippen LogP contribution is 2.19. The van der Waals surface area contributed by atoms with Crippen molar-refractivity contribution in [1.82, 2.24) is 4.98 Å². The van der Waals surface area contributed by atoms with E-state index in [1.165, 1.54) is 31.7 Å². The van der Waals surface area contributed by atoms with E-state index >= 15 is 0 Å². The van der Waals surface area contributed by atoms with Crippen LogP contribution in [0.2, 0.25) is 0 Å². The summed E-state index contributed by atoms with van der Waals surface area (Å²) in [4.78, 5) is 14.5. The number of hydrogen-bond acceptors (Lipinski definition) is 4. The van der Waals surface area contributed by atoms with Crippen LogP contribution in [0.25, 0.3) is 0 Å². The van der Waals surface area contributed by atoms with Gasteiger partial charge in [-0.1, -0.05) is 32.6 Å². The Morgan fingerprint density at radius 1 is 1.37 bits per heavy atom.